The molecule has 1 fully saturated rings. The van der Waals surface area contributed by atoms with Crippen molar-refractivity contribution in [2.45, 2.75) is 33.2 Å². The maximum absolute atomic E-state index is 12.1. The molecule has 1 aromatic rings. The molecule has 1 aliphatic heterocycles. The Morgan fingerprint density at radius 3 is 2.63 bits per heavy atom. The molecule has 0 aliphatic carbocycles. The summed E-state index contributed by atoms with van der Waals surface area (Å²) in [4.78, 5) is 30.6. The van der Waals surface area contributed by atoms with Gasteiger partial charge in [-0.1, -0.05) is 32.0 Å². The number of amides is 2. The molecule has 2 amide bonds. The summed E-state index contributed by atoms with van der Waals surface area (Å²) in [6, 6.07) is 9.34. The topological polar surface area (TPSA) is 85.8 Å². The summed E-state index contributed by atoms with van der Waals surface area (Å²) >= 11 is 0. The molecule has 7 heteroatoms. The normalized spacial score (nSPS) is 17.1. The third kappa shape index (κ3) is 6.58. The van der Waals surface area contributed by atoms with Gasteiger partial charge in [-0.25, -0.2) is 0 Å². The highest BCUT2D eigenvalue weighted by Crippen LogP contribution is 2.12. The summed E-state index contributed by atoms with van der Waals surface area (Å²) in [6.07, 6.45) is 0.910. The Bertz CT molecular complexity index is 645. The second-order valence-corrected chi connectivity index (χ2v) is 6.95. The molecule has 1 atom stereocenters. The molecule has 0 spiro atoms. The number of guanidine groups is 1. The number of aliphatic imine (C=N–C) groups is 1. The predicted molar refractivity (Wildman–Crippen MR) is 108 cm³/mol. The van der Waals surface area contributed by atoms with E-state index in [1.807, 2.05) is 43.9 Å². The van der Waals surface area contributed by atoms with E-state index in [0.717, 1.165) is 25.5 Å². The second-order valence-electron chi connectivity index (χ2n) is 6.95. The first-order valence-corrected chi connectivity index (χ1v) is 9.68. The summed E-state index contributed by atoms with van der Waals surface area (Å²) < 4.78 is 0. The van der Waals surface area contributed by atoms with Crippen molar-refractivity contribution in [1.82, 2.24) is 20.9 Å². The summed E-state index contributed by atoms with van der Waals surface area (Å²) in [5.41, 5.74) is 0.646. The van der Waals surface area contributed by atoms with Crippen LogP contribution in [0.3, 0.4) is 0 Å². The van der Waals surface area contributed by atoms with Gasteiger partial charge in [0.25, 0.3) is 5.91 Å². The standard InChI is InChI=1S/C20H31N5O2/c1-4-21-20(24-17-10-13-25(14-17)19(27)15(2)3)23-12-11-22-18(26)16-8-6-5-7-9-16/h5-9,15,17H,4,10-14H2,1-3H3,(H,22,26)(H2,21,23,24). The first-order chi connectivity index (χ1) is 13.0. The van der Waals surface area contributed by atoms with Crippen molar-refractivity contribution in [3.63, 3.8) is 0 Å². The lowest BCUT2D eigenvalue weighted by molar-refractivity contribution is -0.133. The molecule has 7 nitrogen and oxygen atoms in total. The summed E-state index contributed by atoms with van der Waals surface area (Å²) in [6.45, 7) is 9.05. The van der Waals surface area contributed by atoms with Gasteiger partial charge in [0.1, 0.15) is 0 Å². The molecule has 2 rings (SSSR count). The van der Waals surface area contributed by atoms with Crippen molar-refractivity contribution < 1.29 is 9.59 Å². The fraction of sp³-hybridized carbons (Fsp3) is 0.550. The zero-order valence-electron chi connectivity index (χ0n) is 16.5. The molecule has 0 saturated carbocycles. The van der Waals surface area contributed by atoms with Crippen LogP contribution in [0.1, 0.15) is 37.6 Å². The molecular formula is C20H31N5O2. The van der Waals surface area contributed by atoms with Crippen LogP contribution in [0.4, 0.5) is 0 Å². The fourth-order valence-electron chi connectivity index (χ4n) is 2.99. The average Bonchev–Trinajstić information content (AvgIpc) is 3.13. The van der Waals surface area contributed by atoms with E-state index in [9.17, 15) is 9.59 Å². The molecule has 3 N–H and O–H groups in total. The molecule has 0 bridgehead atoms. The van der Waals surface area contributed by atoms with Gasteiger partial charge < -0.3 is 20.9 Å². The van der Waals surface area contributed by atoms with Crippen molar-refractivity contribution in [1.29, 1.82) is 0 Å². The highest BCUT2D eigenvalue weighted by atomic mass is 16.2. The van der Waals surface area contributed by atoms with E-state index < -0.39 is 0 Å². The molecule has 27 heavy (non-hydrogen) atoms. The van der Waals surface area contributed by atoms with Crippen LogP contribution in [-0.2, 0) is 4.79 Å². The molecule has 1 aromatic carbocycles. The largest absolute Gasteiger partial charge is 0.357 e. The lowest BCUT2D eigenvalue weighted by atomic mass is 10.2. The Morgan fingerprint density at radius 1 is 1.22 bits per heavy atom. The minimum atomic E-state index is -0.0950. The van der Waals surface area contributed by atoms with Gasteiger partial charge in [-0.15, -0.1) is 0 Å². The third-order valence-electron chi connectivity index (χ3n) is 4.38. The number of carbonyl (C=O) groups excluding carboxylic acids is 2. The number of nitrogens with zero attached hydrogens (tertiary/aromatic N) is 2. The first kappa shape index (κ1) is 20.7. The van der Waals surface area contributed by atoms with Gasteiger partial charge in [-0.2, -0.15) is 0 Å². The smallest absolute Gasteiger partial charge is 0.251 e. The Morgan fingerprint density at radius 2 is 1.96 bits per heavy atom. The van der Waals surface area contributed by atoms with Gasteiger partial charge in [0.15, 0.2) is 5.96 Å². The monoisotopic (exact) mass is 373 g/mol. The highest BCUT2D eigenvalue weighted by molar-refractivity contribution is 5.94. The van der Waals surface area contributed by atoms with Crippen molar-refractivity contribution in [3.05, 3.63) is 35.9 Å². The summed E-state index contributed by atoms with van der Waals surface area (Å²) in [5.74, 6) is 0.849. The molecule has 1 heterocycles. The fourth-order valence-corrected chi connectivity index (χ4v) is 2.99. The highest BCUT2D eigenvalue weighted by Gasteiger charge is 2.27. The number of rotatable bonds is 7. The Balaban J connectivity index is 1.79. The Hall–Kier alpha value is -2.57. The van der Waals surface area contributed by atoms with E-state index >= 15 is 0 Å². The zero-order valence-corrected chi connectivity index (χ0v) is 16.5. The summed E-state index contributed by atoms with van der Waals surface area (Å²) in [7, 11) is 0. The SMILES string of the molecule is CCNC(=NCCNC(=O)c1ccccc1)NC1CCN(C(=O)C(C)C)C1. The minimum Gasteiger partial charge on any atom is -0.357 e. The van der Waals surface area contributed by atoms with Gasteiger partial charge in [0.2, 0.25) is 5.91 Å². The van der Waals surface area contributed by atoms with E-state index in [-0.39, 0.29) is 23.8 Å². The van der Waals surface area contributed by atoms with Crippen LogP contribution in [0.25, 0.3) is 0 Å². The number of likely N-dealkylation sites (tertiary alicyclic amines) is 1. The maximum Gasteiger partial charge on any atom is 0.251 e. The number of hydrogen-bond acceptors (Lipinski definition) is 3. The molecule has 0 radical (unpaired) electrons. The van der Waals surface area contributed by atoms with Crippen LogP contribution < -0.4 is 16.0 Å². The second kappa shape index (κ2) is 10.5. The lowest BCUT2D eigenvalue weighted by Crippen LogP contribution is -2.45. The molecule has 148 valence electrons. The van der Waals surface area contributed by atoms with Crippen LogP contribution in [-0.4, -0.2) is 61.4 Å². The van der Waals surface area contributed by atoms with Crippen molar-refractivity contribution in [2.75, 3.05) is 32.7 Å². The molecule has 1 aliphatic rings. The molecule has 1 unspecified atom stereocenters. The van der Waals surface area contributed by atoms with Crippen LogP contribution in [0.2, 0.25) is 0 Å². The van der Waals surface area contributed by atoms with Crippen molar-refractivity contribution in [3.8, 4) is 0 Å². The summed E-state index contributed by atoms with van der Waals surface area (Å²) in [5, 5.41) is 9.48. The van der Waals surface area contributed by atoms with Gasteiger partial charge >= 0.3 is 0 Å². The number of carbonyl (C=O) groups is 2. The molecule has 1 saturated heterocycles. The van der Waals surface area contributed by atoms with Gasteiger partial charge in [-0.3, -0.25) is 14.6 Å². The van der Waals surface area contributed by atoms with Crippen LogP contribution >= 0.6 is 0 Å². The van der Waals surface area contributed by atoms with E-state index in [0.29, 0.717) is 25.2 Å². The van der Waals surface area contributed by atoms with Crippen molar-refractivity contribution in [2.24, 2.45) is 10.9 Å². The molecule has 0 aromatic heterocycles. The molecular weight excluding hydrogens is 342 g/mol. The van der Waals surface area contributed by atoms with Crippen LogP contribution in [0.15, 0.2) is 35.3 Å². The maximum atomic E-state index is 12.1. The minimum absolute atomic E-state index is 0.0267. The predicted octanol–water partition coefficient (Wildman–Crippen LogP) is 1.23. The third-order valence-corrected chi connectivity index (χ3v) is 4.38. The van der Waals surface area contributed by atoms with Crippen LogP contribution in [0.5, 0.6) is 0 Å². The lowest BCUT2D eigenvalue weighted by Gasteiger charge is -2.20. The Kier molecular flexibility index (Phi) is 8.10. The van der Waals surface area contributed by atoms with Gasteiger partial charge in [-0.05, 0) is 25.5 Å². The van der Waals surface area contributed by atoms with E-state index in [1.165, 1.54) is 0 Å². The van der Waals surface area contributed by atoms with E-state index in [4.69, 9.17) is 0 Å². The first-order valence-electron chi connectivity index (χ1n) is 9.68. The number of benzene rings is 1. The number of hydrogen-bond donors (Lipinski definition) is 3. The zero-order chi connectivity index (χ0) is 19.6. The van der Waals surface area contributed by atoms with E-state index in [1.54, 1.807) is 12.1 Å². The van der Waals surface area contributed by atoms with Crippen molar-refractivity contribution >= 4 is 17.8 Å². The van der Waals surface area contributed by atoms with Gasteiger partial charge in [0, 0.05) is 43.7 Å². The number of nitrogens with one attached hydrogen (secondary N) is 3. The van der Waals surface area contributed by atoms with Gasteiger partial charge in [0.05, 0.1) is 6.54 Å². The Labute approximate surface area is 161 Å². The van der Waals surface area contributed by atoms with Crippen LogP contribution in [0, 0.1) is 5.92 Å². The quantitative estimate of drug-likeness (QED) is 0.381. The van der Waals surface area contributed by atoms with E-state index in [2.05, 4.69) is 20.9 Å². The average molecular weight is 374 g/mol.